The number of ketones is 1. The van der Waals surface area contributed by atoms with Gasteiger partial charge in [0.2, 0.25) is 0 Å². The van der Waals surface area contributed by atoms with E-state index >= 15 is 0 Å². The van der Waals surface area contributed by atoms with Crippen molar-refractivity contribution in [1.82, 2.24) is 0 Å². The van der Waals surface area contributed by atoms with Crippen LogP contribution in [-0.4, -0.2) is 31.9 Å². The summed E-state index contributed by atoms with van der Waals surface area (Å²) in [4.78, 5) is 11.1. The number of rotatable bonds is 9. The molecule has 0 aliphatic carbocycles. The largest absolute Gasteiger partial charge is 0.493 e. The predicted molar refractivity (Wildman–Crippen MR) is 73.6 cm³/mol. The minimum atomic E-state index is -0.216. The number of hydrogen-bond acceptors (Lipinski definition) is 4. The standard InChI is InChI=1S/C15H22O4/c1-4-17-15(18-5-2)10-11-19-14-8-6-13(7-9-14)12(3)16/h6-9,15H,4-5,10-11H2,1-3H3. The van der Waals surface area contributed by atoms with Crippen LogP contribution in [0.25, 0.3) is 0 Å². The Morgan fingerprint density at radius 2 is 1.68 bits per heavy atom. The predicted octanol–water partition coefficient (Wildman–Crippen LogP) is 3.06. The van der Waals surface area contributed by atoms with Crippen LogP contribution in [0, 0.1) is 0 Å². The third kappa shape index (κ3) is 5.85. The fourth-order valence-corrected chi connectivity index (χ4v) is 1.65. The Labute approximate surface area is 114 Å². The van der Waals surface area contributed by atoms with Crippen molar-refractivity contribution in [2.75, 3.05) is 19.8 Å². The third-order valence-electron chi connectivity index (χ3n) is 2.59. The molecule has 0 N–H and O–H groups in total. The molecule has 0 fully saturated rings. The van der Waals surface area contributed by atoms with Gasteiger partial charge in [0.25, 0.3) is 0 Å². The Balaban J connectivity index is 2.37. The topological polar surface area (TPSA) is 44.8 Å². The molecule has 0 aliphatic rings. The van der Waals surface area contributed by atoms with Crippen molar-refractivity contribution < 1.29 is 19.0 Å². The fourth-order valence-electron chi connectivity index (χ4n) is 1.65. The van der Waals surface area contributed by atoms with Crippen LogP contribution in [0.5, 0.6) is 5.75 Å². The van der Waals surface area contributed by atoms with Gasteiger partial charge in [-0.2, -0.15) is 0 Å². The maximum absolute atomic E-state index is 11.1. The van der Waals surface area contributed by atoms with Crippen molar-refractivity contribution in [2.24, 2.45) is 0 Å². The second kappa shape index (κ2) is 8.67. The van der Waals surface area contributed by atoms with Crippen molar-refractivity contribution in [1.29, 1.82) is 0 Å². The minimum absolute atomic E-state index is 0.0549. The van der Waals surface area contributed by atoms with E-state index in [0.717, 1.165) is 5.75 Å². The molecule has 0 bridgehead atoms. The molecule has 1 aromatic carbocycles. The van der Waals surface area contributed by atoms with Gasteiger partial charge in [-0.3, -0.25) is 4.79 Å². The molecule has 0 amide bonds. The number of hydrogen-bond donors (Lipinski definition) is 0. The van der Waals surface area contributed by atoms with E-state index in [-0.39, 0.29) is 12.1 Å². The first-order chi connectivity index (χ1) is 9.17. The highest BCUT2D eigenvalue weighted by atomic mass is 16.7. The number of carbonyl (C=O) groups is 1. The molecule has 4 nitrogen and oxygen atoms in total. The van der Waals surface area contributed by atoms with Crippen LogP contribution in [0.2, 0.25) is 0 Å². The molecule has 106 valence electrons. The van der Waals surface area contributed by atoms with Gasteiger partial charge in [0.15, 0.2) is 12.1 Å². The second-order valence-electron chi connectivity index (χ2n) is 4.06. The quantitative estimate of drug-likeness (QED) is 0.509. The maximum Gasteiger partial charge on any atom is 0.160 e. The molecule has 4 heteroatoms. The molecule has 0 saturated heterocycles. The van der Waals surface area contributed by atoms with Crippen molar-refractivity contribution in [3.8, 4) is 5.75 Å². The van der Waals surface area contributed by atoms with Crippen molar-refractivity contribution in [2.45, 2.75) is 33.5 Å². The summed E-state index contributed by atoms with van der Waals surface area (Å²) < 4.78 is 16.4. The molecule has 0 saturated carbocycles. The number of Topliss-reactive ketones (excluding diaryl/α,β-unsaturated/α-hetero) is 1. The lowest BCUT2D eigenvalue weighted by Crippen LogP contribution is -2.20. The average molecular weight is 266 g/mol. The second-order valence-corrected chi connectivity index (χ2v) is 4.06. The van der Waals surface area contributed by atoms with E-state index in [1.165, 1.54) is 0 Å². The number of carbonyl (C=O) groups excluding carboxylic acids is 1. The highest BCUT2D eigenvalue weighted by molar-refractivity contribution is 5.94. The lowest BCUT2D eigenvalue weighted by molar-refractivity contribution is -0.142. The molecule has 0 spiro atoms. The van der Waals surface area contributed by atoms with E-state index in [9.17, 15) is 4.79 Å². The summed E-state index contributed by atoms with van der Waals surface area (Å²) >= 11 is 0. The molecule has 0 radical (unpaired) electrons. The van der Waals surface area contributed by atoms with Gasteiger partial charge >= 0.3 is 0 Å². The van der Waals surface area contributed by atoms with Crippen molar-refractivity contribution >= 4 is 5.78 Å². The van der Waals surface area contributed by atoms with Gasteiger partial charge in [0.1, 0.15) is 5.75 Å². The molecule has 1 aromatic rings. The first-order valence-electron chi connectivity index (χ1n) is 6.64. The Kier molecular flexibility index (Phi) is 7.15. The van der Waals surface area contributed by atoms with Crippen LogP contribution in [0.3, 0.4) is 0 Å². The first kappa shape index (κ1) is 15.7. The SMILES string of the molecule is CCOC(CCOc1ccc(C(C)=O)cc1)OCC. The fraction of sp³-hybridized carbons (Fsp3) is 0.533. The molecule has 1 rings (SSSR count). The zero-order chi connectivity index (χ0) is 14.1. The van der Waals surface area contributed by atoms with E-state index < -0.39 is 0 Å². The molecule has 0 aliphatic heterocycles. The van der Waals surface area contributed by atoms with Gasteiger partial charge in [-0.15, -0.1) is 0 Å². The zero-order valence-corrected chi connectivity index (χ0v) is 11.8. The summed E-state index contributed by atoms with van der Waals surface area (Å²) in [6.45, 7) is 7.19. The zero-order valence-electron chi connectivity index (χ0n) is 11.8. The number of ether oxygens (including phenoxy) is 3. The molecule has 0 aromatic heterocycles. The summed E-state index contributed by atoms with van der Waals surface area (Å²) in [6.07, 6.45) is 0.461. The third-order valence-corrected chi connectivity index (χ3v) is 2.59. The summed E-state index contributed by atoms with van der Waals surface area (Å²) in [5.74, 6) is 0.802. The summed E-state index contributed by atoms with van der Waals surface area (Å²) in [5, 5.41) is 0. The van der Waals surface area contributed by atoms with Crippen molar-refractivity contribution in [3.63, 3.8) is 0 Å². The van der Waals surface area contributed by atoms with E-state index in [1.807, 2.05) is 13.8 Å². The molecular formula is C15H22O4. The van der Waals surface area contributed by atoms with E-state index in [2.05, 4.69) is 0 Å². The average Bonchev–Trinajstić information content (AvgIpc) is 2.40. The molecule has 0 unspecified atom stereocenters. The normalized spacial score (nSPS) is 10.7. The highest BCUT2D eigenvalue weighted by Crippen LogP contribution is 2.13. The molecule has 0 heterocycles. The van der Waals surface area contributed by atoms with Gasteiger partial charge < -0.3 is 14.2 Å². The summed E-state index contributed by atoms with van der Waals surface area (Å²) in [7, 11) is 0. The van der Waals surface area contributed by atoms with Gasteiger partial charge in [0.05, 0.1) is 6.61 Å². The Hall–Kier alpha value is -1.39. The molecular weight excluding hydrogens is 244 g/mol. The van der Waals surface area contributed by atoms with Crippen LogP contribution < -0.4 is 4.74 Å². The minimum Gasteiger partial charge on any atom is -0.493 e. The maximum atomic E-state index is 11.1. The van der Waals surface area contributed by atoms with Gasteiger partial charge in [-0.05, 0) is 45.0 Å². The van der Waals surface area contributed by atoms with E-state index in [0.29, 0.717) is 31.8 Å². The van der Waals surface area contributed by atoms with Crippen LogP contribution in [0.1, 0.15) is 37.6 Å². The van der Waals surface area contributed by atoms with Crippen molar-refractivity contribution in [3.05, 3.63) is 29.8 Å². The smallest absolute Gasteiger partial charge is 0.160 e. The van der Waals surface area contributed by atoms with Crippen LogP contribution in [0.15, 0.2) is 24.3 Å². The molecule has 19 heavy (non-hydrogen) atoms. The van der Waals surface area contributed by atoms with Crippen LogP contribution in [0.4, 0.5) is 0 Å². The van der Waals surface area contributed by atoms with Crippen LogP contribution >= 0.6 is 0 Å². The van der Waals surface area contributed by atoms with E-state index in [1.54, 1.807) is 31.2 Å². The lowest BCUT2D eigenvalue weighted by atomic mass is 10.1. The van der Waals surface area contributed by atoms with Crippen LogP contribution in [-0.2, 0) is 9.47 Å². The number of benzene rings is 1. The highest BCUT2D eigenvalue weighted by Gasteiger charge is 2.08. The lowest BCUT2D eigenvalue weighted by Gasteiger charge is -2.17. The first-order valence-corrected chi connectivity index (χ1v) is 6.64. The Bertz CT molecular complexity index is 366. The van der Waals surface area contributed by atoms with E-state index in [4.69, 9.17) is 14.2 Å². The van der Waals surface area contributed by atoms with Gasteiger partial charge in [-0.25, -0.2) is 0 Å². The summed E-state index contributed by atoms with van der Waals surface area (Å²) in [5.41, 5.74) is 0.689. The Morgan fingerprint density at radius 1 is 1.11 bits per heavy atom. The Morgan fingerprint density at radius 3 is 2.16 bits per heavy atom. The summed E-state index contributed by atoms with van der Waals surface area (Å²) in [6, 6.07) is 7.13. The van der Waals surface area contributed by atoms with Gasteiger partial charge in [0, 0.05) is 25.2 Å². The van der Waals surface area contributed by atoms with Gasteiger partial charge in [-0.1, -0.05) is 0 Å². The monoisotopic (exact) mass is 266 g/mol. The molecule has 0 atom stereocenters.